The molecule has 0 bridgehead atoms. The van der Waals surface area contributed by atoms with E-state index in [4.69, 9.17) is 0 Å². The smallest absolute Gasteiger partial charge is 0.272 e. The van der Waals surface area contributed by atoms with E-state index >= 15 is 4.39 Å². The first-order valence-corrected chi connectivity index (χ1v) is 20.5. The van der Waals surface area contributed by atoms with Gasteiger partial charge in [0.25, 0.3) is 17.7 Å². The molecule has 0 radical (unpaired) electrons. The summed E-state index contributed by atoms with van der Waals surface area (Å²) in [5.74, 6) is -1.80. The number of aromatic nitrogens is 1. The number of piperidine rings is 1. The minimum atomic E-state index is -0.992. The van der Waals surface area contributed by atoms with Crippen molar-refractivity contribution in [1.82, 2.24) is 20.1 Å². The van der Waals surface area contributed by atoms with Gasteiger partial charge in [-0.1, -0.05) is 31.0 Å². The van der Waals surface area contributed by atoms with Crippen LogP contribution in [0.3, 0.4) is 0 Å². The quantitative estimate of drug-likeness (QED) is 0.0714. The normalized spacial score (nSPS) is 21.2. The third-order valence-electron chi connectivity index (χ3n) is 11.4. The molecule has 4 aliphatic heterocycles. The van der Waals surface area contributed by atoms with Crippen molar-refractivity contribution < 1.29 is 33.5 Å². The summed E-state index contributed by atoms with van der Waals surface area (Å²) in [6.45, 7) is 1.16. The molecule has 12 nitrogen and oxygen atoms in total. The first-order valence-electron chi connectivity index (χ1n) is 19.5. The SMILES string of the molecule is O=C1CCC(N2C(=O)c3cccc(SCCCCCCNc4ccc(F)c(-c5ccc6c(c5)[C@H]5[C@H](CCN5C(=O)c5ccccn5)[C@@H](CO)N6)c4)c3C2=O)C(=O)N1. The zero-order valence-corrected chi connectivity index (χ0v) is 32.0. The predicted octanol–water partition coefficient (Wildman–Crippen LogP) is 6.04. The molecule has 294 valence electrons. The van der Waals surface area contributed by atoms with Crippen LogP contribution in [0.2, 0.25) is 0 Å². The van der Waals surface area contributed by atoms with Gasteiger partial charge in [-0.15, -0.1) is 11.8 Å². The number of aliphatic hydroxyl groups excluding tert-OH is 1. The number of imide groups is 2. The van der Waals surface area contributed by atoms with Gasteiger partial charge < -0.3 is 20.6 Å². The number of pyridine rings is 1. The van der Waals surface area contributed by atoms with E-state index in [2.05, 4.69) is 20.9 Å². The Balaban J connectivity index is 0.851. The molecular weight excluding hydrogens is 748 g/mol. The van der Waals surface area contributed by atoms with Crippen LogP contribution in [-0.4, -0.2) is 87.0 Å². The summed E-state index contributed by atoms with van der Waals surface area (Å²) in [5, 5.41) is 19.3. The molecule has 1 unspecified atom stereocenters. The molecule has 4 atom stereocenters. The number of hydrogen-bond donors (Lipinski definition) is 4. The molecule has 1 aromatic heterocycles. The standard InChI is InChI=1S/C43H43FN6O6S/c44-31-13-12-26(23-29(31)25-11-14-32-30(22-25)39-27(34(24-51)47-32)17-20-49(39)42(55)33-9-3-5-19-46-33)45-18-4-1-2-6-21-57-36-10-7-8-28-38(36)43(56)50(41(28)54)35-15-16-37(52)48-40(35)53/h3,5,7-14,19,22-23,27,34-35,39,45,47,51H,1-2,4,6,15-18,20-21,24H2,(H,48,52,53)/t27-,34-,35?,39-/m1/s1. The number of amides is 5. The number of fused-ring (bicyclic) bond motifs is 4. The van der Waals surface area contributed by atoms with Crippen LogP contribution in [0.5, 0.6) is 0 Å². The van der Waals surface area contributed by atoms with Crippen molar-refractivity contribution in [3.63, 3.8) is 0 Å². The van der Waals surface area contributed by atoms with E-state index in [1.807, 2.05) is 35.2 Å². The molecule has 5 heterocycles. The van der Waals surface area contributed by atoms with Crippen LogP contribution >= 0.6 is 11.8 Å². The molecule has 57 heavy (non-hydrogen) atoms. The number of unbranched alkanes of at least 4 members (excludes halogenated alkanes) is 3. The van der Waals surface area contributed by atoms with Crippen molar-refractivity contribution in [3.05, 3.63) is 107 Å². The van der Waals surface area contributed by atoms with Gasteiger partial charge in [-0.3, -0.25) is 39.2 Å². The van der Waals surface area contributed by atoms with Crippen LogP contribution in [-0.2, 0) is 9.59 Å². The Bertz CT molecular complexity index is 2240. The maximum atomic E-state index is 15.4. The minimum Gasteiger partial charge on any atom is -0.394 e. The highest BCUT2D eigenvalue weighted by atomic mass is 32.2. The monoisotopic (exact) mass is 790 g/mol. The lowest BCUT2D eigenvalue weighted by atomic mass is 9.82. The molecule has 0 spiro atoms. The Morgan fingerprint density at radius 1 is 0.930 bits per heavy atom. The van der Waals surface area contributed by atoms with E-state index < -0.39 is 29.7 Å². The molecule has 2 saturated heterocycles. The lowest BCUT2D eigenvalue weighted by molar-refractivity contribution is -0.136. The Kier molecular flexibility index (Phi) is 11.1. The van der Waals surface area contributed by atoms with E-state index in [1.54, 1.807) is 42.6 Å². The van der Waals surface area contributed by atoms with Gasteiger partial charge >= 0.3 is 0 Å². The summed E-state index contributed by atoms with van der Waals surface area (Å²) >= 11 is 1.52. The molecule has 5 amide bonds. The predicted molar refractivity (Wildman–Crippen MR) is 213 cm³/mol. The van der Waals surface area contributed by atoms with Crippen molar-refractivity contribution in [3.8, 4) is 11.1 Å². The van der Waals surface area contributed by atoms with Crippen molar-refractivity contribution in [2.75, 3.05) is 36.1 Å². The number of hydrogen-bond acceptors (Lipinski definition) is 10. The third kappa shape index (κ3) is 7.51. The lowest BCUT2D eigenvalue weighted by Gasteiger charge is -2.39. The van der Waals surface area contributed by atoms with E-state index in [1.165, 1.54) is 17.8 Å². The fourth-order valence-corrected chi connectivity index (χ4v) is 9.64. The van der Waals surface area contributed by atoms with Crippen molar-refractivity contribution in [1.29, 1.82) is 0 Å². The van der Waals surface area contributed by atoms with Crippen molar-refractivity contribution in [2.45, 2.75) is 68.0 Å². The van der Waals surface area contributed by atoms with E-state index in [0.717, 1.165) is 59.7 Å². The highest BCUT2D eigenvalue weighted by molar-refractivity contribution is 7.99. The van der Waals surface area contributed by atoms with Crippen LogP contribution < -0.4 is 16.0 Å². The summed E-state index contributed by atoms with van der Waals surface area (Å²) < 4.78 is 15.4. The number of benzene rings is 3. The summed E-state index contributed by atoms with van der Waals surface area (Å²) in [7, 11) is 0. The first kappa shape index (κ1) is 38.3. The highest BCUT2D eigenvalue weighted by Crippen LogP contribution is 2.48. The number of nitrogens with one attached hydrogen (secondary N) is 3. The van der Waals surface area contributed by atoms with Gasteiger partial charge in [0.2, 0.25) is 11.8 Å². The van der Waals surface area contributed by atoms with Gasteiger partial charge in [-0.25, -0.2) is 4.39 Å². The van der Waals surface area contributed by atoms with Gasteiger partial charge in [0, 0.05) is 53.5 Å². The zero-order valence-electron chi connectivity index (χ0n) is 31.2. The fourth-order valence-electron chi connectivity index (χ4n) is 8.55. The maximum Gasteiger partial charge on any atom is 0.272 e. The minimum absolute atomic E-state index is 0.00592. The Hall–Kier alpha value is -5.60. The number of nitrogens with zero attached hydrogens (tertiary/aromatic N) is 3. The second-order valence-corrected chi connectivity index (χ2v) is 16.0. The van der Waals surface area contributed by atoms with Crippen LogP contribution in [0, 0.1) is 11.7 Å². The van der Waals surface area contributed by atoms with Crippen molar-refractivity contribution >= 4 is 52.7 Å². The number of halogens is 1. The van der Waals surface area contributed by atoms with E-state index in [-0.39, 0.29) is 54.7 Å². The Labute approximate surface area is 333 Å². The molecule has 4 N–H and O–H groups in total. The fraction of sp³-hybridized carbons (Fsp3) is 0.349. The number of carbonyl (C=O) groups is 5. The van der Waals surface area contributed by atoms with Gasteiger partial charge in [0.15, 0.2) is 0 Å². The second kappa shape index (κ2) is 16.5. The molecule has 4 aromatic rings. The maximum absolute atomic E-state index is 15.4. The molecule has 2 fully saturated rings. The second-order valence-electron chi connectivity index (χ2n) is 14.9. The first-order chi connectivity index (χ1) is 27.7. The molecule has 0 saturated carbocycles. The van der Waals surface area contributed by atoms with Gasteiger partial charge in [-0.05, 0) is 97.2 Å². The largest absolute Gasteiger partial charge is 0.394 e. The van der Waals surface area contributed by atoms with Gasteiger partial charge in [0.1, 0.15) is 17.6 Å². The molecule has 4 aliphatic rings. The van der Waals surface area contributed by atoms with Crippen LogP contribution in [0.1, 0.15) is 87.8 Å². The van der Waals surface area contributed by atoms with Crippen molar-refractivity contribution in [2.24, 2.45) is 5.92 Å². The average Bonchev–Trinajstić information content (AvgIpc) is 3.78. The summed E-state index contributed by atoms with van der Waals surface area (Å²) in [4.78, 5) is 72.0. The Morgan fingerprint density at radius 2 is 1.79 bits per heavy atom. The summed E-state index contributed by atoms with van der Waals surface area (Å²) in [6.07, 6.45) is 6.22. The topological polar surface area (TPSA) is 161 Å². The number of rotatable bonds is 13. The average molecular weight is 791 g/mol. The number of aliphatic hydroxyl groups is 1. The van der Waals surface area contributed by atoms with Gasteiger partial charge in [0.05, 0.1) is 29.8 Å². The lowest BCUT2D eigenvalue weighted by Crippen LogP contribution is -2.54. The third-order valence-corrected chi connectivity index (χ3v) is 12.5. The van der Waals surface area contributed by atoms with Crippen LogP contribution in [0.4, 0.5) is 15.8 Å². The van der Waals surface area contributed by atoms with Crippen LogP contribution in [0.25, 0.3) is 11.1 Å². The molecule has 14 heteroatoms. The van der Waals surface area contributed by atoms with Gasteiger partial charge in [-0.2, -0.15) is 0 Å². The Morgan fingerprint density at radius 3 is 2.60 bits per heavy atom. The number of thioether (sulfide) groups is 1. The summed E-state index contributed by atoms with van der Waals surface area (Å²) in [5.41, 5.74) is 4.64. The number of likely N-dealkylation sites (tertiary alicyclic amines) is 1. The molecular formula is C43H43FN6O6S. The highest BCUT2D eigenvalue weighted by Gasteiger charge is 2.47. The van der Waals surface area contributed by atoms with E-state index in [0.29, 0.717) is 40.4 Å². The van der Waals surface area contributed by atoms with E-state index in [9.17, 15) is 29.1 Å². The molecule has 8 rings (SSSR count). The number of carbonyl (C=O) groups excluding carboxylic acids is 5. The molecule has 0 aliphatic carbocycles. The zero-order chi connectivity index (χ0) is 39.6. The number of anilines is 2. The van der Waals surface area contributed by atoms with Crippen LogP contribution in [0.15, 0.2) is 83.9 Å². The summed E-state index contributed by atoms with van der Waals surface area (Å²) in [6, 6.07) is 19.7. The molecule has 3 aromatic carbocycles.